The minimum Gasteiger partial charge on any atom is -0.491 e. The van der Waals surface area contributed by atoms with E-state index < -0.39 is 0 Å². The zero-order valence-electron chi connectivity index (χ0n) is 10.8. The van der Waals surface area contributed by atoms with Crippen LogP contribution in [0.4, 0.5) is 0 Å². The second-order valence-electron chi connectivity index (χ2n) is 4.41. The number of carbonyl (C=O) groups excluding carboxylic acids is 1. The fourth-order valence-corrected chi connectivity index (χ4v) is 1.56. The summed E-state index contributed by atoms with van der Waals surface area (Å²) in [5, 5.41) is 17.7. The smallest absolute Gasteiger partial charge is 0.166 e. The van der Waals surface area contributed by atoms with Gasteiger partial charge in [-0.25, -0.2) is 0 Å². The summed E-state index contributed by atoms with van der Waals surface area (Å²) in [5.74, 6) is 0.385. The Labute approximate surface area is 107 Å². The maximum Gasteiger partial charge on any atom is 0.166 e. The van der Waals surface area contributed by atoms with Crippen LogP contribution in [-0.2, 0) is 0 Å². The number of rotatable bonds is 7. The molecule has 0 spiro atoms. The lowest BCUT2D eigenvalue weighted by Crippen LogP contribution is -2.21. The Morgan fingerprint density at radius 2 is 1.83 bits per heavy atom. The zero-order valence-corrected chi connectivity index (χ0v) is 10.8. The molecular formula is C14H20O4. The van der Waals surface area contributed by atoms with Crippen LogP contribution in [0.1, 0.15) is 24.2 Å². The molecule has 0 aliphatic heterocycles. The molecule has 2 N–H and O–H groups in total. The standard InChI is InChI=1S/C14H20O4/c1-10(9-16)11(2)14(17)12-3-5-13(6-4-12)18-8-7-15/h3-6,10-11,15-16H,7-9H2,1-2H3. The Kier molecular flexibility index (Phi) is 5.82. The molecule has 4 nitrogen and oxygen atoms in total. The predicted octanol–water partition coefficient (Wildman–Crippen LogP) is 1.50. The SMILES string of the molecule is CC(CO)C(C)C(=O)c1ccc(OCCO)cc1. The van der Waals surface area contributed by atoms with Gasteiger partial charge in [0, 0.05) is 18.1 Å². The Bertz CT molecular complexity index is 372. The molecule has 0 amide bonds. The van der Waals surface area contributed by atoms with E-state index in [9.17, 15) is 4.79 Å². The van der Waals surface area contributed by atoms with Crippen molar-refractivity contribution in [2.75, 3.05) is 19.8 Å². The minimum atomic E-state index is -0.209. The van der Waals surface area contributed by atoms with Crippen LogP contribution in [0.3, 0.4) is 0 Å². The van der Waals surface area contributed by atoms with E-state index in [1.165, 1.54) is 0 Å². The molecule has 0 bridgehead atoms. The van der Waals surface area contributed by atoms with E-state index in [0.29, 0.717) is 11.3 Å². The average Bonchev–Trinajstić information content (AvgIpc) is 2.43. The molecule has 0 aliphatic rings. The second kappa shape index (κ2) is 7.13. The molecular weight excluding hydrogens is 232 g/mol. The first-order chi connectivity index (χ1) is 8.60. The third-order valence-corrected chi connectivity index (χ3v) is 3.05. The molecule has 0 saturated heterocycles. The zero-order chi connectivity index (χ0) is 13.5. The van der Waals surface area contributed by atoms with Gasteiger partial charge in [-0.1, -0.05) is 13.8 Å². The van der Waals surface area contributed by atoms with Crippen LogP contribution in [-0.4, -0.2) is 35.8 Å². The van der Waals surface area contributed by atoms with E-state index >= 15 is 0 Å². The van der Waals surface area contributed by atoms with Gasteiger partial charge in [0.25, 0.3) is 0 Å². The van der Waals surface area contributed by atoms with E-state index in [2.05, 4.69) is 0 Å². The van der Waals surface area contributed by atoms with Crippen LogP contribution in [0.25, 0.3) is 0 Å². The van der Waals surface area contributed by atoms with Crippen molar-refractivity contribution < 1.29 is 19.7 Å². The van der Waals surface area contributed by atoms with Crippen molar-refractivity contribution in [3.63, 3.8) is 0 Å². The molecule has 2 unspecified atom stereocenters. The number of hydrogen-bond acceptors (Lipinski definition) is 4. The lowest BCUT2D eigenvalue weighted by molar-refractivity contribution is 0.0851. The average molecular weight is 252 g/mol. The molecule has 0 saturated carbocycles. The summed E-state index contributed by atoms with van der Waals surface area (Å²) in [7, 11) is 0. The topological polar surface area (TPSA) is 66.8 Å². The monoisotopic (exact) mass is 252 g/mol. The van der Waals surface area contributed by atoms with Gasteiger partial charge in [0.2, 0.25) is 0 Å². The van der Waals surface area contributed by atoms with Crippen molar-refractivity contribution in [3.05, 3.63) is 29.8 Å². The molecule has 100 valence electrons. The molecule has 1 aromatic carbocycles. The van der Waals surface area contributed by atoms with E-state index in [1.807, 2.05) is 13.8 Å². The van der Waals surface area contributed by atoms with Crippen LogP contribution in [0.15, 0.2) is 24.3 Å². The van der Waals surface area contributed by atoms with Crippen molar-refractivity contribution in [3.8, 4) is 5.75 Å². The van der Waals surface area contributed by atoms with Gasteiger partial charge in [0.15, 0.2) is 5.78 Å². The van der Waals surface area contributed by atoms with E-state index in [-0.39, 0.29) is 37.4 Å². The molecule has 0 heterocycles. The first-order valence-electron chi connectivity index (χ1n) is 6.09. The van der Waals surface area contributed by atoms with Gasteiger partial charge in [0.05, 0.1) is 6.61 Å². The molecule has 18 heavy (non-hydrogen) atoms. The van der Waals surface area contributed by atoms with Crippen molar-refractivity contribution in [1.29, 1.82) is 0 Å². The van der Waals surface area contributed by atoms with Crippen molar-refractivity contribution in [2.45, 2.75) is 13.8 Å². The van der Waals surface area contributed by atoms with Gasteiger partial charge in [-0.05, 0) is 30.2 Å². The number of aliphatic hydroxyl groups excluding tert-OH is 2. The molecule has 4 heteroatoms. The summed E-state index contributed by atoms with van der Waals surface area (Å²) in [6, 6.07) is 6.82. The molecule has 1 aromatic rings. The molecule has 0 aromatic heterocycles. The highest BCUT2D eigenvalue weighted by Crippen LogP contribution is 2.19. The van der Waals surface area contributed by atoms with Crippen LogP contribution in [0, 0.1) is 11.8 Å². The third kappa shape index (κ3) is 3.82. The summed E-state index contributed by atoms with van der Waals surface area (Å²) < 4.78 is 5.22. The lowest BCUT2D eigenvalue weighted by atomic mass is 9.89. The van der Waals surface area contributed by atoms with Crippen LogP contribution in [0.2, 0.25) is 0 Å². The first-order valence-corrected chi connectivity index (χ1v) is 6.09. The maximum absolute atomic E-state index is 12.1. The van der Waals surface area contributed by atoms with Crippen molar-refractivity contribution in [2.24, 2.45) is 11.8 Å². The lowest BCUT2D eigenvalue weighted by Gasteiger charge is -2.16. The van der Waals surface area contributed by atoms with Crippen LogP contribution in [0.5, 0.6) is 5.75 Å². The number of ketones is 1. The van der Waals surface area contributed by atoms with E-state index in [1.54, 1.807) is 24.3 Å². The summed E-state index contributed by atoms with van der Waals surface area (Å²) in [6.45, 7) is 3.88. The Morgan fingerprint density at radius 3 is 2.33 bits per heavy atom. The highest BCUT2D eigenvalue weighted by molar-refractivity contribution is 5.97. The Hall–Kier alpha value is -1.39. The quantitative estimate of drug-likeness (QED) is 0.722. The van der Waals surface area contributed by atoms with Crippen molar-refractivity contribution in [1.82, 2.24) is 0 Å². The van der Waals surface area contributed by atoms with Gasteiger partial charge < -0.3 is 14.9 Å². The number of ether oxygens (including phenoxy) is 1. The first kappa shape index (κ1) is 14.7. The highest BCUT2D eigenvalue weighted by atomic mass is 16.5. The molecule has 0 radical (unpaired) electrons. The number of benzene rings is 1. The Morgan fingerprint density at radius 1 is 1.22 bits per heavy atom. The number of Topliss-reactive ketones (excluding diaryl/α,β-unsaturated/α-hetero) is 1. The summed E-state index contributed by atoms with van der Waals surface area (Å²) in [4.78, 5) is 12.1. The summed E-state index contributed by atoms with van der Waals surface area (Å²) >= 11 is 0. The normalized spacial score (nSPS) is 14.0. The predicted molar refractivity (Wildman–Crippen MR) is 68.8 cm³/mol. The summed E-state index contributed by atoms with van der Waals surface area (Å²) in [6.07, 6.45) is 0. The maximum atomic E-state index is 12.1. The summed E-state index contributed by atoms with van der Waals surface area (Å²) in [5.41, 5.74) is 0.610. The number of carbonyl (C=O) groups is 1. The largest absolute Gasteiger partial charge is 0.491 e. The van der Waals surface area contributed by atoms with Gasteiger partial charge in [0.1, 0.15) is 12.4 Å². The minimum absolute atomic E-state index is 0.00456. The van der Waals surface area contributed by atoms with Crippen LogP contribution < -0.4 is 4.74 Å². The molecule has 0 fully saturated rings. The van der Waals surface area contributed by atoms with Gasteiger partial charge >= 0.3 is 0 Å². The number of aliphatic hydroxyl groups is 2. The fourth-order valence-electron chi connectivity index (χ4n) is 1.56. The van der Waals surface area contributed by atoms with Crippen LogP contribution >= 0.6 is 0 Å². The third-order valence-electron chi connectivity index (χ3n) is 3.05. The fraction of sp³-hybridized carbons (Fsp3) is 0.500. The van der Waals surface area contributed by atoms with Gasteiger partial charge in [-0.2, -0.15) is 0 Å². The van der Waals surface area contributed by atoms with E-state index in [0.717, 1.165) is 0 Å². The molecule has 2 atom stereocenters. The van der Waals surface area contributed by atoms with E-state index in [4.69, 9.17) is 14.9 Å². The number of hydrogen-bond donors (Lipinski definition) is 2. The molecule has 0 aliphatic carbocycles. The highest BCUT2D eigenvalue weighted by Gasteiger charge is 2.20. The Balaban J connectivity index is 2.69. The van der Waals surface area contributed by atoms with Crippen molar-refractivity contribution >= 4 is 5.78 Å². The van der Waals surface area contributed by atoms with Gasteiger partial charge in [-0.15, -0.1) is 0 Å². The molecule has 1 rings (SSSR count). The second-order valence-corrected chi connectivity index (χ2v) is 4.41. The van der Waals surface area contributed by atoms with Gasteiger partial charge in [-0.3, -0.25) is 4.79 Å².